The van der Waals surface area contributed by atoms with Crippen LogP contribution in [0.5, 0.6) is 0 Å². The van der Waals surface area contributed by atoms with Gasteiger partial charge in [0.05, 0.1) is 0 Å². The average Bonchev–Trinajstić information content (AvgIpc) is 2.25. The second-order valence-corrected chi connectivity index (χ2v) is 10.9. The topological polar surface area (TPSA) is 17.1 Å². The van der Waals surface area contributed by atoms with Crippen molar-refractivity contribution in [2.75, 3.05) is 0 Å². The van der Waals surface area contributed by atoms with E-state index in [1.165, 1.54) is 0 Å². The van der Waals surface area contributed by atoms with Crippen LogP contribution in [0, 0.1) is 0 Å². The monoisotopic (exact) mass is 244 g/mol. The summed E-state index contributed by atoms with van der Waals surface area (Å²) < 4.78 is 0. The first-order valence-electron chi connectivity index (χ1n) is 5.84. The largest absolute Gasteiger partial charge is 0.290 e. The molecule has 1 nitrogen and oxygen atoms in total. The van der Waals surface area contributed by atoms with Crippen LogP contribution in [0.2, 0.25) is 25.7 Å². The summed E-state index contributed by atoms with van der Waals surface area (Å²) in [6.07, 6.45) is 3.47. The lowest BCUT2D eigenvalue weighted by Crippen LogP contribution is -2.21. The maximum atomic E-state index is 11.8. The highest BCUT2D eigenvalue weighted by molar-refractivity contribution is 6.77. The third-order valence-electron chi connectivity index (χ3n) is 2.32. The van der Waals surface area contributed by atoms with Crippen molar-refractivity contribution in [3.05, 3.63) is 54.1 Å². The Morgan fingerprint density at radius 1 is 1.24 bits per heavy atom. The molecule has 17 heavy (non-hydrogen) atoms. The highest BCUT2D eigenvalue weighted by Crippen LogP contribution is 2.16. The van der Waals surface area contributed by atoms with Crippen LogP contribution in [0.1, 0.15) is 5.56 Å². The van der Waals surface area contributed by atoms with Crippen LogP contribution in [-0.4, -0.2) is 13.9 Å². The van der Waals surface area contributed by atoms with Gasteiger partial charge in [-0.1, -0.05) is 62.6 Å². The second kappa shape index (κ2) is 5.78. The van der Waals surface area contributed by atoms with Gasteiger partial charge >= 0.3 is 0 Å². The number of allylic oxidation sites excluding steroid dienone is 2. The Bertz CT molecular complexity index is 424. The van der Waals surface area contributed by atoms with E-state index in [9.17, 15) is 4.79 Å². The Hall–Kier alpha value is -1.41. The summed E-state index contributed by atoms with van der Waals surface area (Å²) in [4.78, 5) is 11.8. The van der Waals surface area contributed by atoms with Crippen LogP contribution < -0.4 is 0 Å². The zero-order chi connectivity index (χ0) is 12.9. The zero-order valence-corrected chi connectivity index (χ0v) is 11.9. The molecular formula is C15H20OSi. The number of hydrogen-bond acceptors (Lipinski definition) is 1. The third kappa shape index (κ3) is 5.45. The summed E-state index contributed by atoms with van der Waals surface area (Å²) in [5.74, 6) is 0.0521. The van der Waals surface area contributed by atoms with Gasteiger partial charge in [-0.3, -0.25) is 4.79 Å². The van der Waals surface area contributed by atoms with Gasteiger partial charge in [0.2, 0.25) is 0 Å². The van der Waals surface area contributed by atoms with Gasteiger partial charge in [-0.2, -0.15) is 0 Å². The van der Waals surface area contributed by atoms with E-state index in [-0.39, 0.29) is 5.78 Å². The molecule has 0 saturated carbocycles. The van der Waals surface area contributed by atoms with E-state index in [0.29, 0.717) is 0 Å². The van der Waals surface area contributed by atoms with Gasteiger partial charge in [-0.15, -0.1) is 0 Å². The summed E-state index contributed by atoms with van der Waals surface area (Å²) in [6.45, 7) is 10.6. The second-order valence-electron chi connectivity index (χ2n) is 5.45. The van der Waals surface area contributed by atoms with Gasteiger partial charge in [0, 0.05) is 8.07 Å². The smallest absolute Gasteiger partial charge is 0.180 e. The number of benzene rings is 1. The van der Waals surface area contributed by atoms with Gasteiger partial charge in [-0.05, 0) is 23.3 Å². The van der Waals surface area contributed by atoms with Crippen molar-refractivity contribution in [1.82, 2.24) is 0 Å². The van der Waals surface area contributed by atoms with E-state index < -0.39 is 8.07 Å². The minimum Gasteiger partial charge on any atom is -0.290 e. The molecule has 0 aliphatic carbocycles. The molecular weight excluding hydrogens is 224 g/mol. The highest BCUT2D eigenvalue weighted by Gasteiger charge is 2.17. The molecule has 0 fully saturated rings. The fourth-order valence-corrected chi connectivity index (χ4v) is 3.04. The first-order valence-corrected chi connectivity index (χ1v) is 9.54. The summed E-state index contributed by atoms with van der Waals surface area (Å²) >= 11 is 0. The summed E-state index contributed by atoms with van der Waals surface area (Å²) in [5.41, 5.74) is 1.78. The van der Waals surface area contributed by atoms with Crippen molar-refractivity contribution in [3.63, 3.8) is 0 Å². The summed E-state index contributed by atoms with van der Waals surface area (Å²) in [6, 6.07) is 10.7. The Morgan fingerprint density at radius 3 is 2.35 bits per heavy atom. The van der Waals surface area contributed by atoms with Crippen LogP contribution in [-0.2, 0) is 4.79 Å². The van der Waals surface area contributed by atoms with Crippen LogP contribution in [0.3, 0.4) is 0 Å². The molecule has 0 bridgehead atoms. The van der Waals surface area contributed by atoms with Crippen molar-refractivity contribution < 1.29 is 4.79 Å². The molecule has 2 heteroatoms. The fourth-order valence-electron chi connectivity index (χ4n) is 1.58. The van der Waals surface area contributed by atoms with E-state index in [1.54, 1.807) is 6.08 Å². The molecule has 0 saturated heterocycles. The van der Waals surface area contributed by atoms with Gasteiger partial charge in [-0.25, -0.2) is 0 Å². The predicted octanol–water partition coefficient (Wildman–Crippen LogP) is 4.16. The van der Waals surface area contributed by atoms with Crippen LogP contribution in [0.4, 0.5) is 0 Å². The molecule has 0 unspecified atom stereocenters. The number of carbonyl (C=O) groups is 1. The molecule has 0 atom stereocenters. The molecule has 1 aromatic rings. The van der Waals surface area contributed by atoms with Gasteiger partial charge in [0.15, 0.2) is 5.78 Å². The number of ketones is 1. The Morgan fingerprint density at radius 2 is 1.82 bits per heavy atom. The van der Waals surface area contributed by atoms with Crippen LogP contribution in [0.25, 0.3) is 6.08 Å². The first kappa shape index (κ1) is 13.7. The van der Waals surface area contributed by atoms with Crippen molar-refractivity contribution in [3.8, 4) is 0 Å². The molecule has 0 amide bonds. The quantitative estimate of drug-likeness (QED) is 0.561. The molecule has 1 aromatic carbocycles. The standard InChI is InChI=1S/C15H20OSi/c1-13(12-17(2,3)4)15(16)11-10-14-8-6-5-7-9-14/h5-11H,1,12H2,2-4H3/b11-10+. The summed E-state index contributed by atoms with van der Waals surface area (Å²) in [7, 11) is -1.25. The highest BCUT2D eigenvalue weighted by atomic mass is 28.3. The lowest BCUT2D eigenvalue weighted by atomic mass is 10.1. The molecule has 1 rings (SSSR count). The third-order valence-corrected chi connectivity index (χ3v) is 3.81. The minimum absolute atomic E-state index is 0.0521. The molecule has 0 aromatic heterocycles. The number of rotatable bonds is 5. The average molecular weight is 244 g/mol. The van der Waals surface area contributed by atoms with Crippen LogP contribution >= 0.6 is 0 Å². The predicted molar refractivity (Wildman–Crippen MR) is 77.8 cm³/mol. The van der Waals surface area contributed by atoms with Crippen molar-refractivity contribution in [2.24, 2.45) is 0 Å². The van der Waals surface area contributed by atoms with E-state index in [0.717, 1.165) is 17.2 Å². The van der Waals surface area contributed by atoms with Crippen LogP contribution in [0.15, 0.2) is 48.6 Å². The molecule has 0 N–H and O–H groups in total. The van der Waals surface area contributed by atoms with Crippen molar-refractivity contribution in [2.45, 2.75) is 25.7 Å². The molecule has 0 aliphatic heterocycles. The number of hydrogen-bond donors (Lipinski definition) is 0. The molecule has 0 aliphatic rings. The van der Waals surface area contributed by atoms with E-state index in [4.69, 9.17) is 0 Å². The Labute approximate surface area is 105 Å². The number of carbonyl (C=O) groups excluding carboxylic acids is 1. The van der Waals surface area contributed by atoms with Gasteiger partial charge in [0.25, 0.3) is 0 Å². The molecule has 90 valence electrons. The minimum atomic E-state index is -1.25. The molecule has 0 radical (unpaired) electrons. The first-order chi connectivity index (χ1) is 7.88. The fraction of sp³-hybridized carbons (Fsp3) is 0.267. The SMILES string of the molecule is C=C(C[Si](C)(C)C)C(=O)/C=C/c1ccccc1. The lowest BCUT2D eigenvalue weighted by Gasteiger charge is -2.15. The maximum absolute atomic E-state index is 11.8. The Balaban J connectivity index is 2.61. The van der Waals surface area contributed by atoms with E-state index in [2.05, 4.69) is 26.2 Å². The zero-order valence-electron chi connectivity index (χ0n) is 10.9. The van der Waals surface area contributed by atoms with Crippen molar-refractivity contribution in [1.29, 1.82) is 0 Å². The normalized spacial score (nSPS) is 11.7. The van der Waals surface area contributed by atoms with Gasteiger partial charge in [0.1, 0.15) is 0 Å². The van der Waals surface area contributed by atoms with Crippen molar-refractivity contribution >= 4 is 19.9 Å². The lowest BCUT2D eigenvalue weighted by molar-refractivity contribution is -0.111. The maximum Gasteiger partial charge on any atom is 0.180 e. The molecule has 0 heterocycles. The molecule has 0 spiro atoms. The Kier molecular flexibility index (Phi) is 4.64. The van der Waals surface area contributed by atoms with E-state index >= 15 is 0 Å². The van der Waals surface area contributed by atoms with E-state index in [1.807, 2.05) is 36.4 Å². The van der Waals surface area contributed by atoms with Gasteiger partial charge < -0.3 is 0 Å². The summed E-state index contributed by atoms with van der Waals surface area (Å²) in [5, 5.41) is 0.